The lowest BCUT2D eigenvalue weighted by atomic mass is 10.2. The van der Waals surface area contributed by atoms with Gasteiger partial charge >= 0.3 is 0 Å². The summed E-state index contributed by atoms with van der Waals surface area (Å²) in [5, 5.41) is 3.00. The molecule has 2 aromatic heterocycles. The van der Waals surface area contributed by atoms with Crippen LogP contribution in [0.2, 0.25) is 0 Å². The van der Waals surface area contributed by atoms with Gasteiger partial charge in [0.1, 0.15) is 0 Å². The van der Waals surface area contributed by atoms with Crippen LogP contribution in [0.15, 0.2) is 46.9 Å². The molecule has 0 atom stereocenters. The Labute approximate surface area is 138 Å². The van der Waals surface area contributed by atoms with E-state index in [0.29, 0.717) is 0 Å². The van der Waals surface area contributed by atoms with E-state index in [1.807, 2.05) is 6.07 Å². The monoisotopic (exact) mass is 327 g/mol. The Morgan fingerprint density at radius 1 is 1.05 bits per heavy atom. The summed E-state index contributed by atoms with van der Waals surface area (Å²) < 4.78 is 1.23. The van der Waals surface area contributed by atoms with Crippen molar-refractivity contribution in [3.8, 4) is 0 Å². The summed E-state index contributed by atoms with van der Waals surface area (Å²) >= 11 is 3.47. The molecule has 112 valence electrons. The summed E-state index contributed by atoms with van der Waals surface area (Å²) in [6.45, 7) is 2.24. The van der Waals surface area contributed by atoms with Crippen LogP contribution in [0, 0.1) is 0 Å². The smallest absolute Gasteiger partial charge is 0.190 e. The molecule has 1 aliphatic rings. The van der Waals surface area contributed by atoms with Gasteiger partial charge in [-0.05, 0) is 29.9 Å². The Balaban J connectivity index is 1.63. The van der Waals surface area contributed by atoms with E-state index in [9.17, 15) is 0 Å². The average molecular weight is 327 g/mol. The van der Waals surface area contributed by atoms with Crippen LogP contribution in [0.3, 0.4) is 0 Å². The van der Waals surface area contributed by atoms with Crippen LogP contribution in [-0.4, -0.2) is 23.1 Å². The largest absolute Gasteiger partial charge is 0.355 e. The van der Waals surface area contributed by atoms with E-state index in [2.05, 4.69) is 40.6 Å². The van der Waals surface area contributed by atoms with Crippen molar-refractivity contribution in [2.45, 2.75) is 23.8 Å². The number of thiophene rings is 1. The fourth-order valence-electron chi connectivity index (χ4n) is 2.76. The molecule has 1 saturated heterocycles. The van der Waals surface area contributed by atoms with E-state index in [4.69, 9.17) is 9.97 Å². The van der Waals surface area contributed by atoms with Gasteiger partial charge in [0.15, 0.2) is 11.0 Å². The average Bonchev–Trinajstić information content (AvgIpc) is 3.24. The van der Waals surface area contributed by atoms with Crippen LogP contribution in [0.1, 0.15) is 18.4 Å². The topological polar surface area (TPSA) is 29.0 Å². The molecule has 0 saturated carbocycles. The Morgan fingerprint density at radius 2 is 1.86 bits per heavy atom. The molecule has 1 fully saturated rings. The maximum Gasteiger partial charge on any atom is 0.190 e. The minimum Gasteiger partial charge on any atom is -0.355 e. The van der Waals surface area contributed by atoms with Gasteiger partial charge in [-0.25, -0.2) is 9.97 Å². The summed E-state index contributed by atoms with van der Waals surface area (Å²) in [6, 6.07) is 12.6. The third kappa shape index (κ3) is 2.83. The molecule has 0 unspecified atom stereocenters. The lowest BCUT2D eigenvalue weighted by Crippen LogP contribution is -2.19. The molecule has 0 N–H and O–H groups in total. The van der Waals surface area contributed by atoms with Crippen molar-refractivity contribution < 1.29 is 0 Å². The Hall–Kier alpha value is -1.59. The van der Waals surface area contributed by atoms with Gasteiger partial charge in [-0.15, -0.1) is 11.3 Å². The fourth-order valence-corrected chi connectivity index (χ4v) is 4.41. The van der Waals surface area contributed by atoms with Crippen molar-refractivity contribution in [1.82, 2.24) is 9.97 Å². The second-order valence-electron chi connectivity index (χ2n) is 5.43. The number of hydrogen-bond donors (Lipinski definition) is 0. The summed E-state index contributed by atoms with van der Waals surface area (Å²) in [5.74, 6) is 2.05. The zero-order valence-electron chi connectivity index (χ0n) is 12.2. The highest BCUT2D eigenvalue weighted by molar-refractivity contribution is 7.98. The van der Waals surface area contributed by atoms with Crippen LogP contribution in [0.4, 0.5) is 5.82 Å². The molecule has 5 heteroatoms. The van der Waals surface area contributed by atoms with Gasteiger partial charge < -0.3 is 4.90 Å². The van der Waals surface area contributed by atoms with Crippen LogP contribution < -0.4 is 4.90 Å². The minimum absolute atomic E-state index is 0.886. The Bertz CT molecular complexity index is 764. The van der Waals surface area contributed by atoms with Crippen LogP contribution in [-0.2, 0) is 5.75 Å². The maximum absolute atomic E-state index is 4.86. The normalized spacial score (nSPS) is 14.8. The van der Waals surface area contributed by atoms with Gasteiger partial charge in [0.25, 0.3) is 0 Å². The molecular weight excluding hydrogens is 310 g/mol. The molecule has 0 aliphatic carbocycles. The first-order chi connectivity index (χ1) is 10.9. The molecule has 22 heavy (non-hydrogen) atoms. The van der Waals surface area contributed by atoms with Gasteiger partial charge in [-0.2, -0.15) is 0 Å². The number of nitrogens with zero attached hydrogens (tertiary/aromatic N) is 3. The van der Waals surface area contributed by atoms with E-state index in [1.54, 1.807) is 23.1 Å². The number of anilines is 1. The van der Waals surface area contributed by atoms with Crippen molar-refractivity contribution in [3.63, 3.8) is 0 Å². The number of thioether (sulfide) groups is 1. The maximum atomic E-state index is 4.86. The number of benzene rings is 1. The number of aromatic nitrogens is 2. The number of fused-ring (bicyclic) bond motifs is 1. The predicted molar refractivity (Wildman–Crippen MR) is 94.9 cm³/mol. The lowest BCUT2D eigenvalue weighted by Gasteiger charge is -2.17. The van der Waals surface area contributed by atoms with E-state index >= 15 is 0 Å². The predicted octanol–water partition coefficient (Wildman–Crippen LogP) is 4.58. The molecule has 3 aromatic rings. The van der Waals surface area contributed by atoms with Crippen molar-refractivity contribution in [2.24, 2.45) is 0 Å². The van der Waals surface area contributed by atoms with Crippen LogP contribution in [0.5, 0.6) is 0 Å². The van der Waals surface area contributed by atoms with Crippen molar-refractivity contribution in [3.05, 3.63) is 47.3 Å². The second kappa shape index (κ2) is 6.26. The minimum atomic E-state index is 0.886. The van der Waals surface area contributed by atoms with Crippen LogP contribution in [0.25, 0.3) is 10.2 Å². The molecule has 1 aromatic carbocycles. The molecule has 3 heterocycles. The van der Waals surface area contributed by atoms with Crippen LogP contribution >= 0.6 is 23.1 Å². The zero-order valence-corrected chi connectivity index (χ0v) is 13.9. The first kappa shape index (κ1) is 14.0. The van der Waals surface area contributed by atoms with Gasteiger partial charge in [0.2, 0.25) is 0 Å². The molecule has 0 amide bonds. The number of rotatable bonds is 4. The summed E-state index contributed by atoms with van der Waals surface area (Å²) in [6.07, 6.45) is 2.53. The molecule has 0 bridgehead atoms. The summed E-state index contributed by atoms with van der Waals surface area (Å²) in [5.41, 5.74) is 2.39. The quantitative estimate of drug-likeness (QED) is 0.518. The van der Waals surface area contributed by atoms with Gasteiger partial charge in [0.05, 0.1) is 10.2 Å². The van der Waals surface area contributed by atoms with E-state index in [-0.39, 0.29) is 0 Å². The van der Waals surface area contributed by atoms with E-state index < -0.39 is 0 Å². The number of hydrogen-bond acceptors (Lipinski definition) is 5. The zero-order chi connectivity index (χ0) is 14.8. The molecule has 3 nitrogen and oxygen atoms in total. The summed E-state index contributed by atoms with van der Waals surface area (Å²) in [7, 11) is 0. The fraction of sp³-hybridized carbons (Fsp3) is 0.294. The van der Waals surface area contributed by atoms with E-state index in [0.717, 1.165) is 35.3 Å². The van der Waals surface area contributed by atoms with Gasteiger partial charge in [-0.1, -0.05) is 42.1 Å². The third-order valence-corrected chi connectivity index (χ3v) is 5.70. The van der Waals surface area contributed by atoms with Crippen molar-refractivity contribution in [1.29, 1.82) is 0 Å². The second-order valence-corrected chi connectivity index (χ2v) is 7.29. The van der Waals surface area contributed by atoms with Gasteiger partial charge in [-0.3, -0.25) is 0 Å². The van der Waals surface area contributed by atoms with Gasteiger partial charge in [0, 0.05) is 18.8 Å². The lowest BCUT2D eigenvalue weighted by molar-refractivity contribution is 0.900. The third-order valence-electron chi connectivity index (χ3n) is 3.88. The SMILES string of the molecule is c1ccc(CSc2nc(N3CCCC3)c3sccc3n2)cc1. The standard InChI is InChI=1S/C17H17N3S2/c1-2-6-13(7-3-1)12-22-17-18-14-8-11-21-15(14)16(19-17)20-9-4-5-10-20/h1-3,6-8,11H,4-5,9-10,12H2. The van der Waals surface area contributed by atoms with E-state index in [1.165, 1.54) is 23.1 Å². The molecule has 0 spiro atoms. The summed E-state index contributed by atoms with van der Waals surface area (Å²) in [4.78, 5) is 12.0. The first-order valence-corrected chi connectivity index (χ1v) is 9.43. The molecule has 0 radical (unpaired) electrons. The molecular formula is C17H17N3S2. The highest BCUT2D eigenvalue weighted by atomic mass is 32.2. The first-order valence-electron chi connectivity index (χ1n) is 7.57. The Kier molecular flexibility index (Phi) is 3.99. The van der Waals surface area contributed by atoms with Crippen molar-refractivity contribution >= 4 is 39.1 Å². The molecule has 4 rings (SSSR count). The highest BCUT2D eigenvalue weighted by Crippen LogP contribution is 2.33. The molecule has 1 aliphatic heterocycles. The Morgan fingerprint density at radius 3 is 2.68 bits per heavy atom. The highest BCUT2D eigenvalue weighted by Gasteiger charge is 2.19. The van der Waals surface area contributed by atoms with Crippen molar-refractivity contribution in [2.75, 3.05) is 18.0 Å².